The van der Waals surface area contributed by atoms with Gasteiger partial charge < -0.3 is 15.0 Å². The van der Waals surface area contributed by atoms with Crippen LogP contribution in [-0.2, 0) is 4.74 Å². The minimum Gasteiger partial charge on any atom is -0.378 e. The van der Waals surface area contributed by atoms with E-state index in [0.717, 1.165) is 49.2 Å². The predicted molar refractivity (Wildman–Crippen MR) is 95.8 cm³/mol. The smallest absolute Gasteiger partial charge is 0.150 e. The van der Waals surface area contributed by atoms with Gasteiger partial charge in [0.25, 0.3) is 0 Å². The molecule has 1 N–H and O–H groups in total. The van der Waals surface area contributed by atoms with Gasteiger partial charge in [0.15, 0.2) is 5.82 Å². The van der Waals surface area contributed by atoms with Crippen molar-refractivity contribution in [2.24, 2.45) is 0 Å². The number of hydrogen-bond acceptors (Lipinski definition) is 7. The molecule has 0 saturated carbocycles. The minimum absolute atomic E-state index is 0.634. The summed E-state index contributed by atoms with van der Waals surface area (Å²) in [4.78, 5) is 19.8. The highest BCUT2D eigenvalue weighted by Crippen LogP contribution is 2.20. The van der Waals surface area contributed by atoms with Gasteiger partial charge in [-0.2, -0.15) is 0 Å². The molecule has 0 spiro atoms. The van der Waals surface area contributed by atoms with Gasteiger partial charge in [-0.15, -0.1) is 0 Å². The number of hydrogen-bond donors (Lipinski definition) is 1. The lowest BCUT2D eigenvalue weighted by Gasteiger charge is -2.28. The molecule has 7 heteroatoms. The molecule has 1 aliphatic heterocycles. The van der Waals surface area contributed by atoms with Crippen LogP contribution in [0.5, 0.6) is 0 Å². The SMILES string of the molecule is c1ccc(-c2cncc(Nc3ccc(N4CCOCC4)cn3)n2)nc1. The maximum atomic E-state index is 5.38. The molecule has 0 aliphatic carbocycles. The zero-order valence-corrected chi connectivity index (χ0v) is 13.7. The number of anilines is 3. The van der Waals surface area contributed by atoms with Crippen LogP contribution in [0.4, 0.5) is 17.3 Å². The number of aromatic nitrogens is 4. The Morgan fingerprint density at radius 3 is 2.56 bits per heavy atom. The number of rotatable bonds is 4. The van der Waals surface area contributed by atoms with Gasteiger partial charge in [0.2, 0.25) is 0 Å². The predicted octanol–water partition coefficient (Wildman–Crippen LogP) is 2.51. The van der Waals surface area contributed by atoms with Gasteiger partial charge in [0.05, 0.1) is 43.2 Å². The summed E-state index contributed by atoms with van der Waals surface area (Å²) in [6.45, 7) is 3.31. The molecular weight excluding hydrogens is 316 g/mol. The molecule has 0 bridgehead atoms. The van der Waals surface area contributed by atoms with Crippen molar-refractivity contribution in [1.82, 2.24) is 19.9 Å². The van der Waals surface area contributed by atoms with Crippen LogP contribution in [0.25, 0.3) is 11.4 Å². The summed E-state index contributed by atoms with van der Waals surface area (Å²) >= 11 is 0. The standard InChI is InChI=1S/C18H18N6O/c1-2-6-20-15(3-1)16-12-19-13-18(22-16)23-17-5-4-14(11-21-17)24-7-9-25-10-8-24/h1-6,11-13H,7-10H2,(H,21,22,23). The zero-order valence-electron chi connectivity index (χ0n) is 13.7. The monoisotopic (exact) mass is 334 g/mol. The Kier molecular flexibility index (Phi) is 4.47. The molecule has 1 saturated heterocycles. The van der Waals surface area contributed by atoms with E-state index in [9.17, 15) is 0 Å². The molecule has 7 nitrogen and oxygen atoms in total. The molecule has 126 valence electrons. The molecule has 0 radical (unpaired) electrons. The van der Waals surface area contributed by atoms with E-state index in [1.54, 1.807) is 18.6 Å². The summed E-state index contributed by atoms with van der Waals surface area (Å²) < 4.78 is 5.38. The van der Waals surface area contributed by atoms with Gasteiger partial charge in [-0.3, -0.25) is 9.97 Å². The molecule has 4 rings (SSSR count). The number of pyridine rings is 2. The third kappa shape index (κ3) is 3.72. The highest BCUT2D eigenvalue weighted by molar-refractivity contribution is 5.59. The fourth-order valence-electron chi connectivity index (χ4n) is 2.66. The average molecular weight is 334 g/mol. The normalized spacial score (nSPS) is 14.3. The number of morpholine rings is 1. The van der Waals surface area contributed by atoms with Crippen LogP contribution in [0.1, 0.15) is 0 Å². The van der Waals surface area contributed by atoms with Gasteiger partial charge in [0, 0.05) is 19.3 Å². The maximum absolute atomic E-state index is 5.38. The van der Waals surface area contributed by atoms with Gasteiger partial charge >= 0.3 is 0 Å². The van der Waals surface area contributed by atoms with E-state index >= 15 is 0 Å². The molecule has 3 aromatic rings. The van der Waals surface area contributed by atoms with Gasteiger partial charge in [-0.05, 0) is 24.3 Å². The van der Waals surface area contributed by atoms with Crippen molar-refractivity contribution in [2.75, 3.05) is 36.5 Å². The molecule has 25 heavy (non-hydrogen) atoms. The second kappa shape index (κ2) is 7.23. The Labute approximate surface area is 145 Å². The first-order valence-corrected chi connectivity index (χ1v) is 8.18. The molecule has 4 heterocycles. The second-order valence-corrected chi connectivity index (χ2v) is 5.63. The highest BCUT2D eigenvalue weighted by Gasteiger charge is 2.11. The van der Waals surface area contributed by atoms with Crippen LogP contribution in [0.3, 0.4) is 0 Å². The summed E-state index contributed by atoms with van der Waals surface area (Å²) in [7, 11) is 0. The fourth-order valence-corrected chi connectivity index (χ4v) is 2.66. The first-order chi connectivity index (χ1) is 12.4. The number of nitrogens with one attached hydrogen (secondary N) is 1. The Bertz CT molecular complexity index is 818. The van der Waals surface area contributed by atoms with E-state index in [1.807, 2.05) is 30.5 Å². The Balaban J connectivity index is 1.48. The van der Waals surface area contributed by atoms with Gasteiger partial charge in [-0.25, -0.2) is 9.97 Å². The van der Waals surface area contributed by atoms with Crippen molar-refractivity contribution in [1.29, 1.82) is 0 Å². The van der Waals surface area contributed by atoms with Crippen molar-refractivity contribution in [3.8, 4) is 11.4 Å². The van der Waals surface area contributed by atoms with Crippen molar-refractivity contribution < 1.29 is 4.74 Å². The molecule has 1 fully saturated rings. The summed E-state index contributed by atoms with van der Waals surface area (Å²) in [6, 6.07) is 9.70. The Morgan fingerprint density at radius 2 is 1.80 bits per heavy atom. The summed E-state index contributed by atoms with van der Waals surface area (Å²) in [5, 5.41) is 3.19. The second-order valence-electron chi connectivity index (χ2n) is 5.63. The number of ether oxygens (including phenoxy) is 1. The lowest BCUT2D eigenvalue weighted by Crippen LogP contribution is -2.36. The first kappa shape index (κ1) is 15.5. The van der Waals surface area contributed by atoms with E-state index in [1.165, 1.54) is 0 Å². The van der Waals surface area contributed by atoms with Gasteiger partial charge in [0.1, 0.15) is 11.5 Å². The minimum atomic E-state index is 0.634. The van der Waals surface area contributed by atoms with E-state index < -0.39 is 0 Å². The van der Waals surface area contributed by atoms with Crippen molar-refractivity contribution in [3.63, 3.8) is 0 Å². The summed E-state index contributed by atoms with van der Waals surface area (Å²) in [5.41, 5.74) is 2.60. The highest BCUT2D eigenvalue weighted by atomic mass is 16.5. The molecule has 0 amide bonds. The van der Waals surface area contributed by atoms with E-state index in [2.05, 4.69) is 36.2 Å². The Hall–Kier alpha value is -3.06. The summed E-state index contributed by atoms with van der Waals surface area (Å²) in [5.74, 6) is 1.36. The Morgan fingerprint density at radius 1 is 0.880 bits per heavy atom. The zero-order chi connectivity index (χ0) is 16.9. The first-order valence-electron chi connectivity index (χ1n) is 8.18. The molecule has 0 unspecified atom stereocenters. The third-order valence-corrected chi connectivity index (χ3v) is 3.94. The quantitative estimate of drug-likeness (QED) is 0.785. The van der Waals surface area contributed by atoms with Crippen LogP contribution in [0.15, 0.2) is 55.1 Å². The topological polar surface area (TPSA) is 76.1 Å². The van der Waals surface area contributed by atoms with Crippen molar-refractivity contribution in [3.05, 3.63) is 55.1 Å². The van der Waals surface area contributed by atoms with Crippen LogP contribution >= 0.6 is 0 Å². The van der Waals surface area contributed by atoms with E-state index in [-0.39, 0.29) is 0 Å². The van der Waals surface area contributed by atoms with Crippen molar-refractivity contribution >= 4 is 17.3 Å². The largest absolute Gasteiger partial charge is 0.378 e. The van der Waals surface area contributed by atoms with E-state index in [4.69, 9.17) is 4.74 Å². The molecule has 1 aliphatic rings. The van der Waals surface area contributed by atoms with Crippen LogP contribution < -0.4 is 10.2 Å². The van der Waals surface area contributed by atoms with E-state index in [0.29, 0.717) is 5.82 Å². The molecular formula is C18H18N6O. The molecule has 3 aromatic heterocycles. The molecule has 0 atom stereocenters. The molecule has 0 aromatic carbocycles. The van der Waals surface area contributed by atoms with Crippen LogP contribution in [0.2, 0.25) is 0 Å². The maximum Gasteiger partial charge on any atom is 0.150 e. The van der Waals surface area contributed by atoms with Crippen LogP contribution in [0, 0.1) is 0 Å². The lowest BCUT2D eigenvalue weighted by atomic mass is 10.3. The van der Waals surface area contributed by atoms with Crippen molar-refractivity contribution in [2.45, 2.75) is 0 Å². The average Bonchev–Trinajstić information content (AvgIpc) is 2.70. The van der Waals surface area contributed by atoms with Gasteiger partial charge in [-0.1, -0.05) is 6.07 Å². The van der Waals surface area contributed by atoms with Crippen LogP contribution in [-0.4, -0.2) is 46.2 Å². The summed E-state index contributed by atoms with van der Waals surface area (Å²) in [6.07, 6.45) is 6.97. The number of nitrogens with zero attached hydrogens (tertiary/aromatic N) is 5. The third-order valence-electron chi connectivity index (χ3n) is 3.94. The fraction of sp³-hybridized carbons (Fsp3) is 0.222. The lowest BCUT2D eigenvalue weighted by molar-refractivity contribution is 0.122.